The SMILES string of the molecule is CCOc1ncccc1-c1c(C(N)=O)sc2cnc(Nc3ccc(N4CCN(C)CC4)cc3OC(C)C)nc12. The van der Waals surface area contributed by atoms with Crippen LogP contribution in [0.3, 0.4) is 0 Å². The van der Waals surface area contributed by atoms with Gasteiger partial charge in [0.25, 0.3) is 5.91 Å². The lowest BCUT2D eigenvalue weighted by Crippen LogP contribution is -2.44. The molecule has 1 aliphatic rings. The number of thiophene rings is 1. The fourth-order valence-corrected chi connectivity index (χ4v) is 5.54. The van der Waals surface area contributed by atoms with Gasteiger partial charge in [0.1, 0.15) is 10.6 Å². The third-order valence-electron chi connectivity index (χ3n) is 6.42. The number of nitrogens with two attached hydrogens (primary N) is 1. The molecule has 1 fully saturated rings. The monoisotopic (exact) mass is 547 g/mol. The Bertz CT molecular complexity index is 1480. The summed E-state index contributed by atoms with van der Waals surface area (Å²) in [5, 5.41) is 3.33. The van der Waals surface area contributed by atoms with Crippen LogP contribution in [0.4, 0.5) is 17.3 Å². The van der Waals surface area contributed by atoms with Gasteiger partial charge >= 0.3 is 0 Å². The van der Waals surface area contributed by atoms with Crippen LogP contribution in [0.2, 0.25) is 0 Å². The summed E-state index contributed by atoms with van der Waals surface area (Å²) < 4.78 is 12.7. The van der Waals surface area contributed by atoms with E-state index in [-0.39, 0.29) is 6.10 Å². The average Bonchev–Trinajstić information content (AvgIpc) is 3.29. The zero-order valence-corrected chi connectivity index (χ0v) is 23.4. The van der Waals surface area contributed by atoms with E-state index in [9.17, 15) is 4.79 Å². The largest absolute Gasteiger partial charge is 0.489 e. The number of carbonyl (C=O) groups excluding carboxylic acids is 1. The van der Waals surface area contributed by atoms with Gasteiger partial charge in [-0.3, -0.25) is 4.79 Å². The van der Waals surface area contributed by atoms with Crippen LogP contribution in [0.5, 0.6) is 11.6 Å². The minimum atomic E-state index is -0.541. The fourth-order valence-electron chi connectivity index (χ4n) is 4.56. The highest BCUT2D eigenvalue weighted by atomic mass is 32.1. The van der Waals surface area contributed by atoms with Gasteiger partial charge < -0.3 is 30.3 Å². The van der Waals surface area contributed by atoms with Crippen molar-refractivity contribution in [1.29, 1.82) is 0 Å². The van der Waals surface area contributed by atoms with Crippen LogP contribution < -0.4 is 25.4 Å². The van der Waals surface area contributed by atoms with Gasteiger partial charge in [-0.15, -0.1) is 11.3 Å². The Morgan fingerprint density at radius 2 is 1.97 bits per heavy atom. The average molecular weight is 548 g/mol. The lowest BCUT2D eigenvalue weighted by atomic mass is 10.1. The van der Waals surface area contributed by atoms with Crippen LogP contribution in [0.1, 0.15) is 30.4 Å². The minimum absolute atomic E-state index is 0.0131. The molecule has 3 N–H and O–H groups in total. The molecule has 1 amide bonds. The van der Waals surface area contributed by atoms with Crippen molar-refractivity contribution in [2.45, 2.75) is 26.9 Å². The molecule has 0 saturated carbocycles. The van der Waals surface area contributed by atoms with E-state index in [2.05, 4.69) is 44.3 Å². The van der Waals surface area contributed by atoms with Crippen molar-refractivity contribution in [2.75, 3.05) is 50.1 Å². The van der Waals surface area contributed by atoms with Crippen LogP contribution in [0, 0.1) is 0 Å². The standard InChI is InChI=1S/C28H33N7O3S/c1-5-37-27-19(7-6-10-30-27)23-24-22(39-25(23)26(29)36)16-31-28(33-24)32-20-9-8-18(15-21(20)38-17(2)3)35-13-11-34(4)12-14-35/h6-10,15-17H,5,11-14H2,1-4H3,(H2,29,36)(H,31,32,33). The first-order chi connectivity index (χ1) is 18.8. The third-order valence-corrected chi connectivity index (χ3v) is 7.55. The number of aromatic nitrogens is 3. The lowest BCUT2D eigenvalue weighted by Gasteiger charge is -2.34. The van der Waals surface area contributed by atoms with Crippen molar-refractivity contribution in [3.8, 4) is 22.8 Å². The summed E-state index contributed by atoms with van der Waals surface area (Å²) in [7, 11) is 2.14. The predicted octanol–water partition coefficient (Wildman–Crippen LogP) is 4.53. The fraction of sp³-hybridized carbons (Fsp3) is 0.357. The van der Waals surface area contributed by atoms with E-state index in [1.54, 1.807) is 18.5 Å². The van der Waals surface area contributed by atoms with E-state index in [0.717, 1.165) is 48.0 Å². The first-order valence-corrected chi connectivity index (χ1v) is 13.8. The van der Waals surface area contributed by atoms with Crippen LogP contribution in [-0.4, -0.2) is 71.7 Å². The molecule has 4 heterocycles. The number of fused-ring (bicyclic) bond motifs is 1. The molecule has 0 unspecified atom stereocenters. The Balaban J connectivity index is 1.54. The van der Waals surface area contributed by atoms with Gasteiger partial charge in [-0.05, 0) is 52.1 Å². The summed E-state index contributed by atoms with van der Waals surface area (Å²) in [6.45, 7) is 10.3. The molecule has 1 aliphatic heterocycles. The molecule has 3 aromatic heterocycles. The Labute approximate surface area is 231 Å². The maximum Gasteiger partial charge on any atom is 0.259 e. The number of pyridine rings is 1. The normalized spacial score (nSPS) is 14.1. The molecule has 1 aromatic carbocycles. The number of anilines is 3. The second-order valence-corrected chi connectivity index (χ2v) is 10.7. The summed E-state index contributed by atoms with van der Waals surface area (Å²) in [6, 6.07) is 9.80. The molecule has 0 spiro atoms. The Morgan fingerprint density at radius 1 is 1.18 bits per heavy atom. The first-order valence-electron chi connectivity index (χ1n) is 13.0. The Morgan fingerprint density at radius 3 is 2.69 bits per heavy atom. The molecular formula is C28H33N7O3S. The van der Waals surface area contributed by atoms with E-state index in [1.807, 2.05) is 32.9 Å². The van der Waals surface area contributed by atoms with Gasteiger partial charge in [-0.2, -0.15) is 0 Å². The molecule has 1 saturated heterocycles. The van der Waals surface area contributed by atoms with E-state index in [4.69, 9.17) is 20.2 Å². The van der Waals surface area contributed by atoms with Crippen molar-refractivity contribution < 1.29 is 14.3 Å². The second-order valence-electron chi connectivity index (χ2n) is 9.63. The van der Waals surface area contributed by atoms with E-state index in [1.165, 1.54) is 11.3 Å². The van der Waals surface area contributed by atoms with Gasteiger partial charge in [0.2, 0.25) is 11.8 Å². The molecule has 0 radical (unpaired) electrons. The zero-order chi connectivity index (χ0) is 27.5. The maximum atomic E-state index is 12.4. The minimum Gasteiger partial charge on any atom is -0.489 e. The summed E-state index contributed by atoms with van der Waals surface area (Å²) in [5.74, 6) is 0.975. The van der Waals surface area contributed by atoms with Crippen molar-refractivity contribution in [2.24, 2.45) is 5.73 Å². The van der Waals surface area contributed by atoms with Crippen molar-refractivity contribution in [1.82, 2.24) is 19.9 Å². The maximum absolute atomic E-state index is 12.4. The predicted molar refractivity (Wildman–Crippen MR) is 156 cm³/mol. The summed E-state index contributed by atoms with van der Waals surface area (Å²) in [5.41, 5.74) is 9.49. The van der Waals surface area contributed by atoms with Gasteiger partial charge in [-0.1, -0.05) is 0 Å². The number of primary amides is 1. The number of benzene rings is 1. The molecule has 0 bridgehead atoms. The van der Waals surface area contributed by atoms with Gasteiger partial charge in [0.05, 0.1) is 34.8 Å². The number of carbonyl (C=O) groups is 1. The Hall–Kier alpha value is -3.96. The molecule has 204 valence electrons. The van der Waals surface area contributed by atoms with E-state index < -0.39 is 5.91 Å². The molecule has 0 atom stereocenters. The smallest absolute Gasteiger partial charge is 0.259 e. The highest BCUT2D eigenvalue weighted by molar-refractivity contribution is 7.21. The van der Waals surface area contributed by atoms with Crippen LogP contribution in [0.25, 0.3) is 21.3 Å². The summed E-state index contributed by atoms with van der Waals surface area (Å²) in [4.78, 5) is 31.2. The molecule has 4 aromatic rings. The van der Waals surface area contributed by atoms with E-state index in [0.29, 0.717) is 40.0 Å². The number of piperazine rings is 1. The zero-order valence-electron chi connectivity index (χ0n) is 22.6. The molecule has 11 heteroatoms. The number of rotatable bonds is 9. The van der Waals surface area contributed by atoms with Crippen molar-refractivity contribution in [3.63, 3.8) is 0 Å². The van der Waals surface area contributed by atoms with Gasteiger partial charge in [-0.25, -0.2) is 15.0 Å². The van der Waals surface area contributed by atoms with Crippen molar-refractivity contribution in [3.05, 3.63) is 47.6 Å². The number of nitrogens with one attached hydrogen (secondary N) is 1. The second kappa shape index (κ2) is 11.4. The topological polar surface area (TPSA) is 119 Å². The van der Waals surface area contributed by atoms with E-state index >= 15 is 0 Å². The number of hydrogen-bond donors (Lipinski definition) is 2. The van der Waals surface area contributed by atoms with Crippen LogP contribution >= 0.6 is 11.3 Å². The van der Waals surface area contributed by atoms with Crippen LogP contribution in [-0.2, 0) is 0 Å². The van der Waals surface area contributed by atoms with Gasteiger partial charge in [0, 0.05) is 55.3 Å². The summed E-state index contributed by atoms with van der Waals surface area (Å²) >= 11 is 1.25. The van der Waals surface area contributed by atoms with Gasteiger partial charge in [0.15, 0.2) is 0 Å². The first kappa shape index (κ1) is 26.6. The molecule has 10 nitrogen and oxygen atoms in total. The highest BCUT2D eigenvalue weighted by Gasteiger charge is 2.24. The van der Waals surface area contributed by atoms with Crippen LogP contribution in [0.15, 0.2) is 42.7 Å². The number of nitrogens with zero attached hydrogens (tertiary/aromatic N) is 5. The highest BCUT2D eigenvalue weighted by Crippen LogP contribution is 2.41. The number of amides is 1. The van der Waals surface area contributed by atoms with Crippen molar-refractivity contribution >= 4 is 44.8 Å². The molecule has 0 aliphatic carbocycles. The number of likely N-dealkylation sites (N-methyl/N-ethyl adjacent to an activating group) is 1. The number of ether oxygens (including phenoxy) is 2. The lowest BCUT2D eigenvalue weighted by molar-refractivity contribution is 0.100. The quantitative estimate of drug-likeness (QED) is 0.311. The third kappa shape index (κ3) is 5.74. The molecule has 39 heavy (non-hydrogen) atoms. The number of hydrogen-bond acceptors (Lipinski definition) is 10. The Kier molecular flexibility index (Phi) is 7.80. The molecule has 5 rings (SSSR count). The molecular weight excluding hydrogens is 514 g/mol. The summed E-state index contributed by atoms with van der Waals surface area (Å²) in [6.07, 6.45) is 3.33.